The van der Waals surface area contributed by atoms with Crippen molar-refractivity contribution in [2.75, 3.05) is 12.4 Å². The van der Waals surface area contributed by atoms with Crippen LogP contribution in [0.3, 0.4) is 0 Å². The van der Waals surface area contributed by atoms with E-state index in [1.54, 1.807) is 12.1 Å². The predicted octanol–water partition coefficient (Wildman–Crippen LogP) is 4.57. The Balaban J connectivity index is 2.37. The Bertz CT molecular complexity index is 666. The highest BCUT2D eigenvalue weighted by Gasteiger charge is 2.23. The van der Waals surface area contributed by atoms with Crippen LogP contribution < -0.4 is 5.32 Å². The first-order chi connectivity index (χ1) is 10.0. The summed E-state index contributed by atoms with van der Waals surface area (Å²) in [5.41, 5.74) is 1.13. The fourth-order valence-electron chi connectivity index (χ4n) is 1.82. The van der Waals surface area contributed by atoms with Gasteiger partial charge in [-0.1, -0.05) is 29.8 Å². The van der Waals surface area contributed by atoms with Crippen LogP contribution >= 0.6 is 27.5 Å². The Hall–Kier alpha value is -1.59. The van der Waals surface area contributed by atoms with Gasteiger partial charge in [0.25, 0.3) is 0 Å². The van der Waals surface area contributed by atoms with Gasteiger partial charge in [0.15, 0.2) is 6.04 Å². The molecule has 0 aliphatic heterocycles. The van der Waals surface area contributed by atoms with Crippen LogP contribution in [0.2, 0.25) is 5.02 Å². The van der Waals surface area contributed by atoms with Gasteiger partial charge in [-0.25, -0.2) is 9.18 Å². The second-order valence-electron chi connectivity index (χ2n) is 4.25. The highest BCUT2D eigenvalue weighted by molar-refractivity contribution is 9.10. The van der Waals surface area contributed by atoms with E-state index in [0.29, 0.717) is 11.3 Å². The van der Waals surface area contributed by atoms with Crippen LogP contribution in [-0.4, -0.2) is 13.1 Å². The molecule has 1 N–H and O–H groups in total. The number of esters is 1. The minimum Gasteiger partial charge on any atom is -0.467 e. The molecule has 0 aliphatic rings. The van der Waals surface area contributed by atoms with Crippen molar-refractivity contribution in [3.8, 4) is 0 Å². The molecule has 0 saturated carbocycles. The number of methoxy groups -OCH3 is 1. The number of rotatable bonds is 4. The molecule has 0 heterocycles. The average molecular weight is 373 g/mol. The number of nitrogens with one attached hydrogen (secondary N) is 1. The van der Waals surface area contributed by atoms with Crippen molar-refractivity contribution in [1.29, 1.82) is 0 Å². The molecule has 21 heavy (non-hydrogen) atoms. The van der Waals surface area contributed by atoms with Crippen molar-refractivity contribution in [3.63, 3.8) is 0 Å². The molecule has 2 rings (SSSR count). The number of ether oxygens (including phenoxy) is 1. The summed E-state index contributed by atoms with van der Waals surface area (Å²) >= 11 is 9.05. The minimum absolute atomic E-state index is 0.00302. The fraction of sp³-hybridized carbons (Fsp3) is 0.133. The monoisotopic (exact) mass is 371 g/mol. The third-order valence-electron chi connectivity index (χ3n) is 2.89. The lowest BCUT2D eigenvalue weighted by molar-refractivity contribution is -0.141. The summed E-state index contributed by atoms with van der Waals surface area (Å²) < 4.78 is 19.2. The number of benzene rings is 2. The summed E-state index contributed by atoms with van der Waals surface area (Å²) in [7, 11) is 1.28. The highest BCUT2D eigenvalue weighted by Crippen LogP contribution is 2.28. The van der Waals surface area contributed by atoms with Crippen molar-refractivity contribution in [1.82, 2.24) is 0 Å². The van der Waals surface area contributed by atoms with E-state index in [1.807, 2.05) is 18.2 Å². The minimum atomic E-state index is -0.833. The Morgan fingerprint density at radius 1 is 1.33 bits per heavy atom. The number of carbonyl (C=O) groups is 1. The van der Waals surface area contributed by atoms with Gasteiger partial charge in [-0.05, 0) is 45.8 Å². The lowest BCUT2D eigenvalue weighted by Crippen LogP contribution is -2.22. The second-order valence-corrected chi connectivity index (χ2v) is 5.52. The largest absolute Gasteiger partial charge is 0.467 e. The number of carbonyl (C=O) groups excluding carboxylic acids is 1. The average Bonchev–Trinajstić information content (AvgIpc) is 2.48. The van der Waals surface area contributed by atoms with Crippen LogP contribution in [-0.2, 0) is 9.53 Å². The molecule has 0 radical (unpaired) electrons. The molecular formula is C15H12BrClFNO2. The van der Waals surface area contributed by atoms with Crippen molar-refractivity contribution in [2.24, 2.45) is 0 Å². The molecule has 0 aromatic heterocycles. The maximum absolute atomic E-state index is 13.6. The SMILES string of the molecule is COC(=O)C(Nc1ccccc1Br)c1ccc(Cl)c(F)c1. The lowest BCUT2D eigenvalue weighted by Gasteiger charge is -2.19. The standard InChI is InChI=1S/C15H12BrClFNO2/c1-21-15(20)14(9-6-7-11(17)12(18)8-9)19-13-5-3-2-4-10(13)16/h2-8,14,19H,1H3. The van der Waals surface area contributed by atoms with Gasteiger partial charge >= 0.3 is 5.97 Å². The molecule has 0 spiro atoms. The predicted molar refractivity (Wildman–Crippen MR) is 83.9 cm³/mol. The van der Waals surface area contributed by atoms with Crippen molar-refractivity contribution >= 4 is 39.2 Å². The first-order valence-electron chi connectivity index (χ1n) is 6.06. The summed E-state index contributed by atoms with van der Waals surface area (Å²) in [5, 5.41) is 3.03. The summed E-state index contributed by atoms with van der Waals surface area (Å²) in [4.78, 5) is 12.0. The molecule has 0 fully saturated rings. The van der Waals surface area contributed by atoms with Gasteiger partial charge in [0.05, 0.1) is 12.1 Å². The quantitative estimate of drug-likeness (QED) is 0.799. The van der Waals surface area contributed by atoms with Crippen molar-refractivity contribution < 1.29 is 13.9 Å². The van der Waals surface area contributed by atoms with Gasteiger partial charge in [-0.3, -0.25) is 0 Å². The van der Waals surface area contributed by atoms with Gasteiger partial charge in [0.1, 0.15) is 5.82 Å². The molecule has 0 bridgehead atoms. The topological polar surface area (TPSA) is 38.3 Å². The van der Waals surface area contributed by atoms with E-state index < -0.39 is 17.8 Å². The zero-order chi connectivity index (χ0) is 15.4. The number of halogens is 3. The maximum atomic E-state index is 13.6. The number of para-hydroxylation sites is 1. The summed E-state index contributed by atoms with van der Waals surface area (Å²) in [6.07, 6.45) is 0. The maximum Gasteiger partial charge on any atom is 0.332 e. The molecule has 1 unspecified atom stereocenters. The van der Waals surface area contributed by atoms with E-state index in [-0.39, 0.29) is 5.02 Å². The van der Waals surface area contributed by atoms with Crippen molar-refractivity contribution in [3.05, 3.63) is 63.3 Å². The normalized spacial score (nSPS) is 11.8. The van der Waals surface area contributed by atoms with E-state index in [1.165, 1.54) is 19.2 Å². The second kappa shape index (κ2) is 6.91. The van der Waals surface area contributed by atoms with E-state index in [2.05, 4.69) is 21.2 Å². The van der Waals surface area contributed by atoms with E-state index in [9.17, 15) is 9.18 Å². The third-order valence-corrected chi connectivity index (χ3v) is 3.89. The van der Waals surface area contributed by atoms with Gasteiger partial charge < -0.3 is 10.1 Å². The van der Waals surface area contributed by atoms with Gasteiger partial charge in [0, 0.05) is 10.2 Å². The molecule has 2 aromatic carbocycles. The van der Waals surface area contributed by atoms with Crippen LogP contribution in [0.1, 0.15) is 11.6 Å². The van der Waals surface area contributed by atoms with Crippen LogP contribution in [0.5, 0.6) is 0 Å². The Kier molecular flexibility index (Phi) is 5.20. The molecule has 0 amide bonds. The number of anilines is 1. The van der Waals surface area contributed by atoms with Crippen LogP contribution in [0.4, 0.5) is 10.1 Å². The first-order valence-corrected chi connectivity index (χ1v) is 7.24. The van der Waals surface area contributed by atoms with Crippen LogP contribution in [0, 0.1) is 5.82 Å². The number of hydrogen-bond acceptors (Lipinski definition) is 3. The summed E-state index contributed by atoms with van der Waals surface area (Å²) in [5.74, 6) is -1.11. The van der Waals surface area contributed by atoms with Crippen molar-refractivity contribution in [2.45, 2.75) is 6.04 Å². The zero-order valence-electron chi connectivity index (χ0n) is 11.1. The number of hydrogen-bond donors (Lipinski definition) is 1. The Morgan fingerprint density at radius 3 is 2.67 bits per heavy atom. The molecule has 1 atom stereocenters. The summed E-state index contributed by atoms with van der Waals surface area (Å²) in [6.45, 7) is 0. The molecule has 0 saturated heterocycles. The smallest absolute Gasteiger partial charge is 0.332 e. The Morgan fingerprint density at radius 2 is 2.05 bits per heavy atom. The molecule has 0 aliphatic carbocycles. The van der Waals surface area contributed by atoms with Gasteiger partial charge in [-0.2, -0.15) is 0 Å². The van der Waals surface area contributed by atoms with E-state index in [4.69, 9.17) is 16.3 Å². The summed E-state index contributed by atoms with van der Waals surface area (Å²) in [6, 6.07) is 10.7. The molecule has 6 heteroatoms. The van der Waals surface area contributed by atoms with E-state index >= 15 is 0 Å². The first kappa shape index (κ1) is 15.8. The van der Waals surface area contributed by atoms with Crippen LogP contribution in [0.15, 0.2) is 46.9 Å². The third kappa shape index (κ3) is 3.74. The molecular weight excluding hydrogens is 361 g/mol. The fourth-order valence-corrected chi connectivity index (χ4v) is 2.34. The highest BCUT2D eigenvalue weighted by atomic mass is 79.9. The van der Waals surface area contributed by atoms with Gasteiger partial charge in [-0.15, -0.1) is 0 Å². The Labute approximate surface area is 135 Å². The van der Waals surface area contributed by atoms with Crippen LogP contribution in [0.25, 0.3) is 0 Å². The molecule has 110 valence electrons. The lowest BCUT2D eigenvalue weighted by atomic mass is 10.1. The molecule has 3 nitrogen and oxygen atoms in total. The van der Waals surface area contributed by atoms with E-state index in [0.717, 1.165) is 4.47 Å². The zero-order valence-corrected chi connectivity index (χ0v) is 13.4. The van der Waals surface area contributed by atoms with Gasteiger partial charge in [0.2, 0.25) is 0 Å². The molecule has 2 aromatic rings.